The minimum absolute atomic E-state index is 0.660. The summed E-state index contributed by atoms with van der Waals surface area (Å²) >= 11 is 0. The van der Waals surface area contributed by atoms with Gasteiger partial charge < -0.3 is 4.90 Å². The molecule has 18 heavy (non-hydrogen) atoms. The maximum Gasteiger partial charge on any atom is 0.146 e. The van der Waals surface area contributed by atoms with Gasteiger partial charge in [0.05, 0.1) is 5.56 Å². The lowest BCUT2D eigenvalue weighted by molar-refractivity contribution is 0.230. The van der Waals surface area contributed by atoms with Gasteiger partial charge in [-0.05, 0) is 37.9 Å². The van der Waals surface area contributed by atoms with Crippen LogP contribution in [-0.2, 0) is 0 Å². The van der Waals surface area contributed by atoms with E-state index in [9.17, 15) is 5.26 Å². The lowest BCUT2D eigenvalue weighted by Crippen LogP contribution is -2.50. The molecule has 2 saturated heterocycles. The third-order valence-electron chi connectivity index (χ3n) is 4.14. The van der Waals surface area contributed by atoms with Crippen molar-refractivity contribution >= 4 is 5.82 Å². The van der Waals surface area contributed by atoms with Crippen molar-refractivity contribution in [3.05, 3.63) is 23.4 Å². The number of pyridine rings is 1. The summed E-state index contributed by atoms with van der Waals surface area (Å²) in [4.78, 5) is 9.29. The molecule has 0 aliphatic carbocycles. The number of nitrogens with zero attached hydrogens (tertiary/aromatic N) is 4. The van der Waals surface area contributed by atoms with Gasteiger partial charge in [-0.1, -0.05) is 0 Å². The molecule has 0 N–H and O–H groups in total. The van der Waals surface area contributed by atoms with Gasteiger partial charge in [0.15, 0.2) is 0 Å². The number of aryl methyl sites for hydroxylation is 1. The van der Waals surface area contributed by atoms with E-state index in [-0.39, 0.29) is 0 Å². The second-order valence-corrected chi connectivity index (χ2v) is 5.22. The van der Waals surface area contributed by atoms with Crippen LogP contribution < -0.4 is 4.90 Å². The standard InChI is InChI=1S/C14H18N4/c1-11-4-5-16-14(13(11)9-15)18-8-7-17-6-2-3-12(17)10-18/h4-5,12H,2-3,6-8,10H2,1H3. The van der Waals surface area contributed by atoms with Crippen molar-refractivity contribution in [3.63, 3.8) is 0 Å². The summed E-state index contributed by atoms with van der Waals surface area (Å²) in [5, 5.41) is 9.29. The van der Waals surface area contributed by atoms with Crippen molar-refractivity contribution in [2.75, 3.05) is 31.1 Å². The van der Waals surface area contributed by atoms with Crippen LogP contribution in [0.15, 0.2) is 12.3 Å². The van der Waals surface area contributed by atoms with Gasteiger partial charge in [-0.15, -0.1) is 0 Å². The zero-order valence-corrected chi connectivity index (χ0v) is 10.8. The molecule has 1 aromatic heterocycles. The Labute approximate surface area is 108 Å². The zero-order chi connectivity index (χ0) is 12.5. The molecule has 4 nitrogen and oxygen atoms in total. The van der Waals surface area contributed by atoms with Crippen molar-refractivity contribution < 1.29 is 0 Å². The summed E-state index contributed by atoms with van der Waals surface area (Å²) in [5.41, 5.74) is 1.76. The fraction of sp³-hybridized carbons (Fsp3) is 0.571. The highest BCUT2D eigenvalue weighted by Crippen LogP contribution is 2.27. The number of hydrogen-bond donors (Lipinski definition) is 0. The summed E-state index contributed by atoms with van der Waals surface area (Å²) in [5.74, 6) is 0.879. The number of rotatable bonds is 1. The van der Waals surface area contributed by atoms with Gasteiger partial charge in [-0.3, -0.25) is 4.90 Å². The summed E-state index contributed by atoms with van der Waals surface area (Å²) in [6.45, 7) is 6.33. The van der Waals surface area contributed by atoms with Crippen LogP contribution in [0, 0.1) is 18.3 Å². The Kier molecular flexibility index (Phi) is 2.92. The first kappa shape index (κ1) is 11.5. The normalized spacial score (nSPS) is 23.8. The second-order valence-electron chi connectivity index (χ2n) is 5.22. The van der Waals surface area contributed by atoms with Crippen LogP contribution in [0.2, 0.25) is 0 Å². The first-order valence-corrected chi connectivity index (χ1v) is 6.64. The lowest BCUT2D eigenvalue weighted by Gasteiger charge is -2.38. The van der Waals surface area contributed by atoms with Crippen LogP contribution in [-0.4, -0.2) is 42.1 Å². The van der Waals surface area contributed by atoms with E-state index in [0.29, 0.717) is 6.04 Å². The fourth-order valence-corrected chi connectivity index (χ4v) is 3.11. The average Bonchev–Trinajstić information content (AvgIpc) is 2.85. The topological polar surface area (TPSA) is 43.2 Å². The van der Waals surface area contributed by atoms with Crippen molar-refractivity contribution in [3.8, 4) is 6.07 Å². The number of piperazine rings is 1. The molecule has 0 aromatic carbocycles. The van der Waals surface area contributed by atoms with Crippen LogP contribution in [0.3, 0.4) is 0 Å². The molecule has 0 saturated carbocycles. The number of hydrogen-bond acceptors (Lipinski definition) is 4. The molecule has 2 fully saturated rings. The highest BCUT2D eigenvalue weighted by molar-refractivity contribution is 5.57. The molecule has 3 heterocycles. The first-order valence-electron chi connectivity index (χ1n) is 6.64. The lowest BCUT2D eigenvalue weighted by atomic mass is 10.1. The third-order valence-corrected chi connectivity index (χ3v) is 4.14. The number of anilines is 1. The molecule has 0 amide bonds. The summed E-state index contributed by atoms with van der Waals surface area (Å²) in [7, 11) is 0. The number of nitriles is 1. The molecule has 1 aromatic rings. The Bertz CT molecular complexity index is 491. The third kappa shape index (κ3) is 1.85. The van der Waals surface area contributed by atoms with Gasteiger partial charge in [0.1, 0.15) is 11.9 Å². The van der Waals surface area contributed by atoms with Gasteiger partial charge >= 0.3 is 0 Å². The molecule has 1 atom stereocenters. The molecule has 3 rings (SSSR count). The summed E-state index contributed by atoms with van der Waals surface area (Å²) < 4.78 is 0. The minimum atomic E-state index is 0.660. The molecule has 2 aliphatic rings. The average molecular weight is 242 g/mol. The fourth-order valence-electron chi connectivity index (χ4n) is 3.11. The van der Waals surface area contributed by atoms with E-state index < -0.39 is 0 Å². The van der Waals surface area contributed by atoms with Crippen LogP contribution in [0.4, 0.5) is 5.82 Å². The molecular formula is C14H18N4. The van der Waals surface area contributed by atoms with E-state index in [1.807, 2.05) is 19.2 Å². The van der Waals surface area contributed by atoms with Crippen molar-refractivity contribution in [2.45, 2.75) is 25.8 Å². The van der Waals surface area contributed by atoms with E-state index in [1.165, 1.54) is 19.4 Å². The van der Waals surface area contributed by atoms with Crippen molar-refractivity contribution in [2.24, 2.45) is 0 Å². The summed E-state index contributed by atoms with van der Waals surface area (Å²) in [6, 6.07) is 4.87. The van der Waals surface area contributed by atoms with Crippen molar-refractivity contribution in [1.82, 2.24) is 9.88 Å². The Morgan fingerprint density at radius 1 is 1.39 bits per heavy atom. The van der Waals surface area contributed by atoms with Gasteiger partial charge in [0.2, 0.25) is 0 Å². The molecule has 0 bridgehead atoms. The molecule has 1 unspecified atom stereocenters. The Morgan fingerprint density at radius 2 is 2.28 bits per heavy atom. The Balaban J connectivity index is 1.87. The quantitative estimate of drug-likeness (QED) is 0.749. The molecule has 94 valence electrons. The predicted molar refractivity (Wildman–Crippen MR) is 70.5 cm³/mol. The van der Waals surface area contributed by atoms with Crippen LogP contribution in [0.1, 0.15) is 24.0 Å². The van der Waals surface area contributed by atoms with Crippen LogP contribution in [0.5, 0.6) is 0 Å². The molecule has 2 aliphatic heterocycles. The van der Waals surface area contributed by atoms with E-state index in [4.69, 9.17) is 0 Å². The van der Waals surface area contributed by atoms with Crippen LogP contribution >= 0.6 is 0 Å². The smallest absolute Gasteiger partial charge is 0.146 e. The number of aromatic nitrogens is 1. The van der Waals surface area contributed by atoms with Gasteiger partial charge in [0, 0.05) is 31.9 Å². The molecule has 0 spiro atoms. The molecule has 4 heteroatoms. The van der Waals surface area contributed by atoms with E-state index in [1.54, 1.807) is 0 Å². The SMILES string of the molecule is Cc1ccnc(N2CCN3CCCC3C2)c1C#N. The van der Waals surface area contributed by atoms with Crippen molar-refractivity contribution in [1.29, 1.82) is 5.26 Å². The van der Waals surface area contributed by atoms with E-state index in [2.05, 4.69) is 20.9 Å². The maximum atomic E-state index is 9.29. The second kappa shape index (κ2) is 4.58. The summed E-state index contributed by atoms with van der Waals surface area (Å²) in [6.07, 6.45) is 4.40. The Hall–Kier alpha value is -1.60. The highest BCUT2D eigenvalue weighted by atomic mass is 15.3. The monoisotopic (exact) mass is 242 g/mol. The van der Waals surface area contributed by atoms with Gasteiger partial charge in [0.25, 0.3) is 0 Å². The predicted octanol–water partition coefficient (Wildman–Crippen LogP) is 1.55. The molecular weight excluding hydrogens is 224 g/mol. The zero-order valence-electron chi connectivity index (χ0n) is 10.8. The van der Waals surface area contributed by atoms with Crippen LogP contribution in [0.25, 0.3) is 0 Å². The van der Waals surface area contributed by atoms with Gasteiger partial charge in [-0.25, -0.2) is 4.98 Å². The molecule has 0 radical (unpaired) electrons. The largest absolute Gasteiger partial charge is 0.353 e. The Morgan fingerprint density at radius 3 is 3.11 bits per heavy atom. The van der Waals surface area contributed by atoms with Gasteiger partial charge in [-0.2, -0.15) is 5.26 Å². The maximum absolute atomic E-state index is 9.29. The number of fused-ring (bicyclic) bond motifs is 1. The minimum Gasteiger partial charge on any atom is -0.353 e. The van der Waals surface area contributed by atoms with E-state index in [0.717, 1.165) is 36.6 Å². The first-order chi connectivity index (χ1) is 8.79. The van der Waals surface area contributed by atoms with E-state index >= 15 is 0 Å². The highest BCUT2D eigenvalue weighted by Gasteiger charge is 2.31.